The van der Waals surface area contributed by atoms with Crippen LogP contribution in [0.25, 0.3) is 0 Å². The number of nitrogens with zero attached hydrogens (tertiary/aromatic N) is 1. The molecule has 0 aliphatic heterocycles. The number of amides is 2. The van der Waals surface area contributed by atoms with Crippen LogP contribution < -0.4 is 10.6 Å². The zero-order valence-corrected chi connectivity index (χ0v) is 14.4. The quantitative estimate of drug-likeness (QED) is 0.728. The van der Waals surface area contributed by atoms with Crippen molar-refractivity contribution < 1.29 is 9.59 Å². The van der Waals surface area contributed by atoms with Crippen molar-refractivity contribution in [2.45, 2.75) is 6.54 Å². The summed E-state index contributed by atoms with van der Waals surface area (Å²) in [6, 6.07) is 17.0. The predicted octanol–water partition coefficient (Wildman–Crippen LogP) is 2.67. The van der Waals surface area contributed by atoms with Gasteiger partial charge in [-0.1, -0.05) is 42.5 Å². The van der Waals surface area contributed by atoms with Crippen LogP contribution in [0.1, 0.15) is 15.9 Å². The van der Waals surface area contributed by atoms with Crippen molar-refractivity contribution in [3.05, 3.63) is 78.4 Å². The van der Waals surface area contributed by atoms with Gasteiger partial charge in [-0.15, -0.1) is 6.58 Å². The number of anilines is 1. The van der Waals surface area contributed by atoms with E-state index < -0.39 is 0 Å². The normalized spacial score (nSPS) is 9.96. The standard InChI is InChI=1S/C20H23N3O2/c1-3-12-21-19(24)14-22-18-11-7-10-17(13-18)20(25)23(2)15-16-8-5-4-6-9-16/h3-11,13,22H,1,12,14-15H2,2H3,(H,21,24). The molecule has 0 aliphatic carbocycles. The highest BCUT2D eigenvalue weighted by molar-refractivity contribution is 5.95. The number of carbonyl (C=O) groups is 2. The SMILES string of the molecule is C=CCNC(=O)CNc1cccc(C(=O)N(C)Cc2ccccc2)c1. The number of benzene rings is 2. The Morgan fingerprint density at radius 2 is 1.88 bits per heavy atom. The van der Waals surface area contributed by atoms with Gasteiger partial charge in [-0.05, 0) is 23.8 Å². The first-order chi connectivity index (χ1) is 12.1. The van der Waals surface area contributed by atoms with Crippen LogP contribution in [-0.2, 0) is 11.3 Å². The summed E-state index contributed by atoms with van der Waals surface area (Å²) in [5.74, 6) is -0.193. The Balaban J connectivity index is 1.96. The zero-order valence-electron chi connectivity index (χ0n) is 14.4. The molecule has 0 saturated carbocycles. The van der Waals surface area contributed by atoms with Crippen LogP contribution in [-0.4, -0.2) is 36.9 Å². The van der Waals surface area contributed by atoms with E-state index in [0.29, 0.717) is 18.7 Å². The van der Waals surface area contributed by atoms with E-state index in [-0.39, 0.29) is 18.4 Å². The second-order valence-electron chi connectivity index (χ2n) is 5.67. The summed E-state index contributed by atoms with van der Waals surface area (Å²) in [4.78, 5) is 25.9. The summed E-state index contributed by atoms with van der Waals surface area (Å²) < 4.78 is 0. The van der Waals surface area contributed by atoms with E-state index in [1.165, 1.54) is 0 Å². The van der Waals surface area contributed by atoms with Crippen LogP contribution >= 0.6 is 0 Å². The minimum atomic E-state index is -0.127. The highest BCUT2D eigenvalue weighted by atomic mass is 16.2. The minimum absolute atomic E-state index is 0.0661. The van der Waals surface area contributed by atoms with E-state index in [4.69, 9.17) is 0 Å². The van der Waals surface area contributed by atoms with Crippen molar-refractivity contribution in [1.29, 1.82) is 0 Å². The second-order valence-corrected chi connectivity index (χ2v) is 5.67. The molecule has 5 nitrogen and oxygen atoms in total. The van der Waals surface area contributed by atoms with Gasteiger partial charge in [0, 0.05) is 31.4 Å². The Labute approximate surface area is 148 Å². The molecular weight excluding hydrogens is 314 g/mol. The lowest BCUT2D eigenvalue weighted by Crippen LogP contribution is -2.30. The highest BCUT2D eigenvalue weighted by Gasteiger charge is 2.12. The Kier molecular flexibility index (Phi) is 6.77. The number of hydrogen-bond donors (Lipinski definition) is 2. The first-order valence-corrected chi connectivity index (χ1v) is 8.11. The molecule has 0 fully saturated rings. The minimum Gasteiger partial charge on any atom is -0.376 e. The van der Waals surface area contributed by atoms with Crippen molar-refractivity contribution in [1.82, 2.24) is 10.2 Å². The lowest BCUT2D eigenvalue weighted by molar-refractivity contribution is -0.119. The van der Waals surface area contributed by atoms with Gasteiger partial charge in [0.1, 0.15) is 0 Å². The number of nitrogens with one attached hydrogen (secondary N) is 2. The molecule has 0 saturated heterocycles. The highest BCUT2D eigenvalue weighted by Crippen LogP contribution is 2.13. The molecule has 0 unspecified atom stereocenters. The molecule has 25 heavy (non-hydrogen) atoms. The molecule has 0 spiro atoms. The van der Waals surface area contributed by atoms with Gasteiger partial charge in [-0.2, -0.15) is 0 Å². The molecule has 0 atom stereocenters. The maximum Gasteiger partial charge on any atom is 0.253 e. The summed E-state index contributed by atoms with van der Waals surface area (Å²) in [5, 5.41) is 5.71. The van der Waals surface area contributed by atoms with Gasteiger partial charge in [-0.25, -0.2) is 0 Å². The van der Waals surface area contributed by atoms with Crippen LogP contribution in [0.5, 0.6) is 0 Å². The van der Waals surface area contributed by atoms with Crippen molar-refractivity contribution >= 4 is 17.5 Å². The lowest BCUT2D eigenvalue weighted by Gasteiger charge is -2.18. The largest absolute Gasteiger partial charge is 0.376 e. The van der Waals surface area contributed by atoms with E-state index in [0.717, 1.165) is 11.3 Å². The van der Waals surface area contributed by atoms with Gasteiger partial charge in [-0.3, -0.25) is 9.59 Å². The number of carbonyl (C=O) groups excluding carboxylic acids is 2. The van der Waals surface area contributed by atoms with Crippen LogP contribution in [0.2, 0.25) is 0 Å². The predicted molar refractivity (Wildman–Crippen MR) is 100 cm³/mol. The third-order valence-electron chi connectivity index (χ3n) is 3.62. The molecule has 2 amide bonds. The maximum absolute atomic E-state index is 12.6. The molecule has 0 bridgehead atoms. The van der Waals surface area contributed by atoms with Crippen molar-refractivity contribution in [2.24, 2.45) is 0 Å². The van der Waals surface area contributed by atoms with Gasteiger partial charge in [0.05, 0.1) is 6.54 Å². The molecule has 0 heterocycles. The molecule has 2 rings (SSSR count). The first-order valence-electron chi connectivity index (χ1n) is 8.11. The molecular formula is C20H23N3O2. The summed E-state index contributed by atoms with van der Waals surface area (Å²) in [6.07, 6.45) is 1.62. The van der Waals surface area contributed by atoms with E-state index in [9.17, 15) is 9.59 Å². The molecule has 0 radical (unpaired) electrons. The maximum atomic E-state index is 12.6. The van der Waals surface area contributed by atoms with Crippen molar-refractivity contribution in [2.75, 3.05) is 25.5 Å². The molecule has 130 valence electrons. The van der Waals surface area contributed by atoms with Gasteiger partial charge in [0.25, 0.3) is 5.91 Å². The molecule has 2 aromatic rings. The molecule has 2 aromatic carbocycles. The van der Waals surface area contributed by atoms with Crippen LogP contribution in [0.15, 0.2) is 67.3 Å². The topological polar surface area (TPSA) is 61.4 Å². The van der Waals surface area contributed by atoms with Gasteiger partial charge < -0.3 is 15.5 Å². The molecule has 2 N–H and O–H groups in total. The van der Waals surface area contributed by atoms with Gasteiger partial charge in [0.2, 0.25) is 5.91 Å². The summed E-state index contributed by atoms with van der Waals surface area (Å²) in [5.41, 5.74) is 2.38. The lowest BCUT2D eigenvalue weighted by atomic mass is 10.1. The van der Waals surface area contributed by atoms with Crippen molar-refractivity contribution in [3.63, 3.8) is 0 Å². The molecule has 0 aliphatic rings. The fourth-order valence-corrected chi connectivity index (χ4v) is 2.34. The molecule has 5 heteroatoms. The van der Waals surface area contributed by atoms with E-state index in [2.05, 4.69) is 17.2 Å². The van der Waals surface area contributed by atoms with E-state index in [1.807, 2.05) is 36.4 Å². The molecule has 0 aromatic heterocycles. The van der Waals surface area contributed by atoms with Gasteiger partial charge >= 0.3 is 0 Å². The third kappa shape index (κ3) is 5.80. The first kappa shape index (κ1) is 18.3. The third-order valence-corrected chi connectivity index (χ3v) is 3.62. The fourth-order valence-electron chi connectivity index (χ4n) is 2.34. The zero-order chi connectivity index (χ0) is 18.1. The smallest absolute Gasteiger partial charge is 0.253 e. The van der Waals surface area contributed by atoms with Crippen LogP contribution in [0, 0.1) is 0 Å². The average molecular weight is 337 g/mol. The second kappa shape index (κ2) is 9.27. The Bertz CT molecular complexity index is 729. The average Bonchev–Trinajstić information content (AvgIpc) is 2.65. The Morgan fingerprint density at radius 3 is 2.60 bits per heavy atom. The monoisotopic (exact) mass is 337 g/mol. The number of hydrogen-bond acceptors (Lipinski definition) is 3. The summed E-state index contributed by atoms with van der Waals surface area (Å²) in [6.45, 7) is 4.67. The van der Waals surface area contributed by atoms with Gasteiger partial charge in [0.15, 0.2) is 0 Å². The Hall–Kier alpha value is -3.08. The summed E-state index contributed by atoms with van der Waals surface area (Å²) >= 11 is 0. The van der Waals surface area contributed by atoms with Crippen LogP contribution in [0.3, 0.4) is 0 Å². The van der Waals surface area contributed by atoms with E-state index >= 15 is 0 Å². The van der Waals surface area contributed by atoms with Crippen LogP contribution in [0.4, 0.5) is 5.69 Å². The summed E-state index contributed by atoms with van der Waals surface area (Å²) in [7, 11) is 1.78. The Morgan fingerprint density at radius 1 is 1.12 bits per heavy atom. The fraction of sp³-hybridized carbons (Fsp3) is 0.200. The number of rotatable bonds is 8. The van der Waals surface area contributed by atoms with E-state index in [1.54, 1.807) is 36.2 Å². The van der Waals surface area contributed by atoms with Crippen molar-refractivity contribution in [3.8, 4) is 0 Å².